The molecule has 3 heterocycles. The van der Waals surface area contributed by atoms with Gasteiger partial charge in [0.2, 0.25) is 0 Å². The molecule has 1 aliphatic heterocycles. The highest BCUT2D eigenvalue weighted by atomic mass is 35.5. The Bertz CT molecular complexity index is 625. The zero-order valence-corrected chi connectivity index (χ0v) is 13.4. The first-order chi connectivity index (χ1) is 10.7. The predicted octanol–water partition coefficient (Wildman–Crippen LogP) is 1.04. The van der Waals surface area contributed by atoms with Gasteiger partial charge in [0.1, 0.15) is 12.4 Å². The number of aromatic nitrogens is 5. The third kappa shape index (κ3) is 3.31. The Morgan fingerprint density at radius 3 is 2.91 bits per heavy atom. The van der Waals surface area contributed by atoms with Gasteiger partial charge in [-0.2, -0.15) is 5.10 Å². The fourth-order valence-corrected chi connectivity index (χ4v) is 3.20. The minimum atomic E-state index is -0.0695. The van der Waals surface area contributed by atoms with Crippen LogP contribution in [0.4, 0.5) is 0 Å². The van der Waals surface area contributed by atoms with Crippen molar-refractivity contribution < 1.29 is 5.11 Å². The molecule has 3 rings (SSSR count). The van der Waals surface area contributed by atoms with E-state index in [1.54, 1.807) is 6.20 Å². The maximum atomic E-state index is 9.24. The molecule has 0 spiro atoms. The number of likely N-dealkylation sites (tertiary alicyclic amines) is 1. The van der Waals surface area contributed by atoms with Crippen LogP contribution in [0.1, 0.15) is 30.4 Å². The SMILES string of the molecule is Cn1c(CO)nnc1[C@H]1CCCN(CCn2cc(Cl)cn2)C1. The van der Waals surface area contributed by atoms with Crippen LogP contribution in [0.5, 0.6) is 0 Å². The van der Waals surface area contributed by atoms with Crippen molar-refractivity contribution in [1.82, 2.24) is 29.4 Å². The zero-order chi connectivity index (χ0) is 15.5. The lowest BCUT2D eigenvalue weighted by Crippen LogP contribution is -2.37. The largest absolute Gasteiger partial charge is 0.388 e. The summed E-state index contributed by atoms with van der Waals surface area (Å²) >= 11 is 5.88. The van der Waals surface area contributed by atoms with Crippen molar-refractivity contribution in [2.75, 3.05) is 19.6 Å². The van der Waals surface area contributed by atoms with Gasteiger partial charge < -0.3 is 14.6 Å². The first kappa shape index (κ1) is 15.5. The molecular formula is C14H21ClN6O. The van der Waals surface area contributed by atoms with Crippen LogP contribution < -0.4 is 0 Å². The van der Waals surface area contributed by atoms with Crippen molar-refractivity contribution in [3.8, 4) is 0 Å². The van der Waals surface area contributed by atoms with Crippen LogP contribution in [0.2, 0.25) is 5.02 Å². The molecule has 8 heteroatoms. The molecule has 2 aromatic rings. The number of hydrogen-bond donors (Lipinski definition) is 1. The van der Waals surface area contributed by atoms with Gasteiger partial charge in [0.25, 0.3) is 0 Å². The minimum Gasteiger partial charge on any atom is -0.388 e. The lowest BCUT2D eigenvalue weighted by atomic mass is 9.97. The standard InChI is InChI=1S/C14H21ClN6O/c1-19-13(10-22)17-18-14(19)11-3-2-4-20(8-11)5-6-21-9-12(15)7-16-21/h7,9,11,22H,2-6,8,10H2,1H3/t11-/m0/s1. The van der Waals surface area contributed by atoms with E-state index in [0.717, 1.165) is 44.8 Å². The average Bonchev–Trinajstić information content (AvgIpc) is 3.11. The van der Waals surface area contributed by atoms with Gasteiger partial charge in [-0.3, -0.25) is 4.68 Å². The highest BCUT2D eigenvalue weighted by molar-refractivity contribution is 6.30. The monoisotopic (exact) mass is 324 g/mol. The summed E-state index contributed by atoms with van der Waals surface area (Å²) in [6.45, 7) is 3.77. The van der Waals surface area contributed by atoms with E-state index < -0.39 is 0 Å². The van der Waals surface area contributed by atoms with E-state index in [4.69, 9.17) is 11.6 Å². The number of halogens is 1. The molecule has 22 heavy (non-hydrogen) atoms. The summed E-state index contributed by atoms with van der Waals surface area (Å²) in [5.74, 6) is 1.96. The average molecular weight is 325 g/mol. The first-order valence-electron chi connectivity index (χ1n) is 7.56. The molecule has 0 radical (unpaired) electrons. The summed E-state index contributed by atoms with van der Waals surface area (Å²) in [7, 11) is 1.92. The fourth-order valence-electron chi connectivity index (χ4n) is 3.04. The Labute approximate surface area is 134 Å². The Morgan fingerprint density at radius 2 is 2.23 bits per heavy atom. The molecule has 1 aliphatic rings. The number of hydrogen-bond acceptors (Lipinski definition) is 5. The molecule has 7 nitrogen and oxygen atoms in total. The number of aliphatic hydroxyl groups excluding tert-OH is 1. The molecule has 0 unspecified atom stereocenters. The first-order valence-corrected chi connectivity index (χ1v) is 7.94. The topological polar surface area (TPSA) is 72.0 Å². The van der Waals surface area contributed by atoms with Crippen LogP contribution in [0.3, 0.4) is 0 Å². The van der Waals surface area contributed by atoms with Crippen LogP contribution in [0.15, 0.2) is 12.4 Å². The molecule has 0 aliphatic carbocycles. The van der Waals surface area contributed by atoms with Crippen LogP contribution in [-0.2, 0) is 20.2 Å². The van der Waals surface area contributed by atoms with Gasteiger partial charge in [-0.15, -0.1) is 10.2 Å². The van der Waals surface area contributed by atoms with Gasteiger partial charge >= 0.3 is 0 Å². The highest BCUT2D eigenvalue weighted by Gasteiger charge is 2.25. The van der Waals surface area contributed by atoms with Gasteiger partial charge in [-0.25, -0.2) is 0 Å². The maximum Gasteiger partial charge on any atom is 0.158 e. The minimum absolute atomic E-state index is 0.0695. The van der Waals surface area contributed by atoms with Crippen LogP contribution in [0.25, 0.3) is 0 Å². The molecule has 0 aromatic carbocycles. The Balaban J connectivity index is 1.60. The fraction of sp³-hybridized carbons (Fsp3) is 0.643. The quantitative estimate of drug-likeness (QED) is 0.889. The van der Waals surface area contributed by atoms with Crippen LogP contribution in [0, 0.1) is 0 Å². The van der Waals surface area contributed by atoms with E-state index in [0.29, 0.717) is 16.8 Å². The van der Waals surface area contributed by atoms with Crippen molar-refractivity contribution in [3.63, 3.8) is 0 Å². The molecule has 120 valence electrons. The highest BCUT2D eigenvalue weighted by Crippen LogP contribution is 2.25. The molecular weight excluding hydrogens is 304 g/mol. The van der Waals surface area contributed by atoms with Crippen molar-refractivity contribution >= 4 is 11.6 Å². The van der Waals surface area contributed by atoms with E-state index in [1.807, 2.05) is 22.5 Å². The summed E-state index contributed by atoms with van der Waals surface area (Å²) in [5, 5.41) is 22.4. The van der Waals surface area contributed by atoms with Crippen molar-refractivity contribution in [2.24, 2.45) is 7.05 Å². The maximum absolute atomic E-state index is 9.24. The molecule has 1 atom stereocenters. The summed E-state index contributed by atoms with van der Waals surface area (Å²) in [4.78, 5) is 2.43. The summed E-state index contributed by atoms with van der Waals surface area (Å²) in [6, 6.07) is 0. The van der Waals surface area contributed by atoms with E-state index in [9.17, 15) is 5.11 Å². The lowest BCUT2D eigenvalue weighted by molar-refractivity contribution is 0.193. The third-order valence-electron chi connectivity index (χ3n) is 4.26. The second-order valence-corrected chi connectivity index (χ2v) is 6.19. The van der Waals surface area contributed by atoms with Gasteiger partial charge in [-0.05, 0) is 19.4 Å². The molecule has 1 N–H and O–H groups in total. The molecule has 1 saturated heterocycles. The van der Waals surface area contributed by atoms with Gasteiger partial charge in [0.05, 0.1) is 17.8 Å². The van der Waals surface area contributed by atoms with E-state index >= 15 is 0 Å². The number of piperidine rings is 1. The third-order valence-corrected chi connectivity index (χ3v) is 4.45. The van der Waals surface area contributed by atoms with E-state index in [-0.39, 0.29) is 6.61 Å². The smallest absolute Gasteiger partial charge is 0.158 e. The number of nitrogens with zero attached hydrogens (tertiary/aromatic N) is 6. The number of rotatable bonds is 5. The Hall–Kier alpha value is -1.44. The number of aliphatic hydroxyl groups is 1. The second-order valence-electron chi connectivity index (χ2n) is 5.75. The second kappa shape index (κ2) is 6.76. The normalized spacial score (nSPS) is 19.7. The summed E-state index contributed by atoms with van der Waals surface area (Å²) in [5.41, 5.74) is 0. The molecule has 0 saturated carbocycles. The van der Waals surface area contributed by atoms with Crippen LogP contribution in [-0.4, -0.2) is 54.2 Å². The predicted molar refractivity (Wildman–Crippen MR) is 82.6 cm³/mol. The van der Waals surface area contributed by atoms with Gasteiger partial charge in [0, 0.05) is 32.3 Å². The van der Waals surface area contributed by atoms with Crippen molar-refractivity contribution in [1.29, 1.82) is 0 Å². The molecule has 2 aromatic heterocycles. The molecule has 0 bridgehead atoms. The molecule has 1 fully saturated rings. The lowest BCUT2D eigenvalue weighted by Gasteiger charge is -2.32. The summed E-state index contributed by atoms with van der Waals surface area (Å²) < 4.78 is 3.79. The van der Waals surface area contributed by atoms with Crippen molar-refractivity contribution in [2.45, 2.75) is 31.9 Å². The zero-order valence-electron chi connectivity index (χ0n) is 12.7. The van der Waals surface area contributed by atoms with Crippen LogP contribution >= 0.6 is 11.6 Å². The Kier molecular flexibility index (Phi) is 4.75. The van der Waals surface area contributed by atoms with E-state index in [2.05, 4.69) is 20.2 Å². The van der Waals surface area contributed by atoms with Gasteiger partial charge in [0.15, 0.2) is 5.82 Å². The molecule has 0 amide bonds. The summed E-state index contributed by atoms with van der Waals surface area (Å²) in [6.07, 6.45) is 5.77. The van der Waals surface area contributed by atoms with Crippen molar-refractivity contribution in [3.05, 3.63) is 29.1 Å². The van der Waals surface area contributed by atoms with E-state index in [1.165, 1.54) is 0 Å². The Morgan fingerprint density at radius 1 is 1.36 bits per heavy atom. The van der Waals surface area contributed by atoms with Gasteiger partial charge in [-0.1, -0.05) is 11.6 Å².